The van der Waals surface area contributed by atoms with Gasteiger partial charge < -0.3 is 5.32 Å². The molecule has 0 atom stereocenters. The summed E-state index contributed by atoms with van der Waals surface area (Å²) in [7, 11) is 0. The van der Waals surface area contributed by atoms with E-state index in [-0.39, 0.29) is 0 Å². The molecule has 0 unspecified atom stereocenters. The van der Waals surface area contributed by atoms with Crippen molar-refractivity contribution in [1.29, 1.82) is 0 Å². The number of nitrogens with one attached hydrogen (secondary N) is 1. The maximum atomic E-state index is 6.30. The van der Waals surface area contributed by atoms with Crippen LogP contribution in [0.1, 0.15) is 18.4 Å². The lowest BCUT2D eigenvalue weighted by atomic mass is 10.2. The van der Waals surface area contributed by atoms with Gasteiger partial charge in [-0.25, -0.2) is 4.98 Å². The zero-order valence-electron chi connectivity index (χ0n) is 9.73. The van der Waals surface area contributed by atoms with E-state index in [9.17, 15) is 0 Å². The first-order chi connectivity index (χ1) is 8.83. The van der Waals surface area contributed by atoms with E-state index in [2.05, 4.69) is 16.4 Å². The van der Waals surface area contributed by atoms with Gasteiger partial charge in [0.15, 0.2) is 4.34 Å². The molecule has 1 aliphatic carbocycles. The van der Waals surface area contributed by atoms with E-state index in [1.54, 1.807) is 23.1 Å². The second-order valence-corrected chi connectivity index (χ2v) is 6.86. The molecule has 1 saturated carbocycles. The van der Waals surface area contributed by atoms with Crippen LogP contribution in [0.4, 0.5) is 0 Å². The third-order valence-corrected chi connectivity index (χ3v) is 5.17. The molecule has 1 fully saturated rings. The Labute approximate surface area is 120 Å². The summed E-state index contributed by atoms with van der Waals surface area (Å²) in [6.07, 6.45) is 4.42. The molecule has 2 aromatic rings. The summed E-state index contributed by atoms with van der Waals surface area (Å²) in [5.41, 5.74) is 1.19. The molecule has 3 rings (SSSR count). The van der Waals surface area contributed by atoms with E-state index < -0.39 is 0 Å². The highest BCUT2D eigenvalue weighted by atomic mass is 35.5. The third kappa shape index (κ3) is 3.06. The molecule has 1 aliphatic rings. The van der Waals surface area contributed by atoms with Crippen LogP contribution in [0.3, 0.4) is 0 Å². The van der Waals surface area contributed by atoms with Gasteiger partial charge in [0.2, 0.25) is 0 Å². The zero-order chi connectivity index (χ0) is 12.4. The fourth-order valence-electron chi connectivity index (χ4n) is 1.69. The van der Waals surface area contributed by atoms with Crippen molar-refractivity contribution in [3.63, 3.8) is 0 Å². The van der Waals surface area contributed by atoms with Gasteiger partial charge >= 0.3 is 0 Å². The molecule has 0 aliphatic heterocycles. The molecular formula is C13H13ClN2S2. The second kappa shape index (κ2) is 5.61. The van der Waals surface area contributed by atoms with Crippen molar-refractivity contribution >= 4 is 34.7 Å². The van der Waals surface area contributed by atoms with Crippen LogP contribution in [0.5, 0.6) is 0 Å². The molecule has 5 heteroatoms. The number of hydrogen-bond acceptors (Lipinski definition) is 4. The van der Waals surface area contributed by atoms with E-state index in [4.69, 9.17) is 11.6 Å². The van der Waals surface area contributed by atoms with Crippen LogP contribution >= 0.6 is 34.7 Å². The molecule has 94 valence electrons. The SMILES string of the molecule is Clc1cccc(Sc2nccs2)c1CNC1CC1. The van der Waals surface area contributed by atoms with Gasteiger partial charge in [0.25, 0.3) is 0 Å². The van der Waals surface area contributed by atoms with E-state index in [1.807, 2.05) is 23.7 Å². The molecule has 18 heavy (non-hydrogen) atoms. The van der Waals surface area contributed by atoms with Crippen LogP contribution < -0.4 is 5.32 Å². The molecule has 1 aromatic heterocycles. The number of nitrogens with zero attached hydrogens (tertiary/aromatic N) is 1. The van der Waals surface area contributed by atoms with E-state index >= 15 is 0 Å². The maximum absolute atomic E-state index is 6.30. The average Bonchev–Trinajstić information content (AvgIpc) is 3.05. The lowest BCUT2D eigenvalue weighted by Gasteiger charge is -2.10. The number of hydrogen-bond donors (Lipinski definition) is 1. The first-order valence-electron chi connectivity index (χ1n) is 5.91. The Kier molecular flexibility index (Phi) is 3.89. The predicted molar refractivity (Wildman–Crippen MR) is 77.6 cm³/mol. The Hall–Kier alpha value is -0.550. The average molecular weight is 297 g/mol. The van der Waals surface area contributed by atoms with Crippen molar-refractivity contribution in [3.8, 4) is 0 Å². The lowest BCUT2D eigenvalue weighted by Crippen LogP contribution is -2.16. The van der Waals surface area contributed by atoms with E-state index in [1.165, 1.54) is 23.3 Å². The molecule has 1 heterocycles. The van der Waals surface area contributed by atoms with Gasteiger partial charge in [-0.3, -0.25) is 0 Å². The van der Waals surface area contributed by atoms with E-state index in [0.717, 1.165) is 15.9 Å². The van der Waals surface area contributed by atoms with Crippen LogP contribution in [0.15, 0.2) is 39.0 Å². The van der Waals surface area contributed by atoms with Crippen molar-refractivity contribution in [1.82, 2.24) is 10.3 Å². The zero-order valence-corrected chi connectivity index (χ0v) is 12.1. The molecule has 1 N–H and O–H groups in total. The lowest BCUT2D eigenvalue weighted by molar-refractivity contribution is 0.680. The molecule has 0 saturated heterocycles. The highest BCUT2D eigenvalue weighted by Crippen LogP contribution is 2.35. The predicted octanol–water partition coefficient (Wildman–Crippen LogP) is 4.20. The summed E-state index contributed by atoms with van der Waals surface area (Å²) in [6, 6.07) is 6.76. The van der Waals surface area contributed by atoms with Crippen LogP contribution in [-0.2, 0) is 6.54 Å². The van der Waals surface area contributed by atoms with Gasteiger partial charge in [0, 0.05) is 34.1 Å². The van der Waals surface area contributed by atoms with Crippen molar-refractivity contribution in [2.75, 3.05) is 0 Å². The van der Waals surface area contributed by atoms with E-state index in [0.29, 0.717) is 6.04 Å². The second-order valence-electron chi connectivity index (χ2n) is 4.27. The maximum Gasteiger partial charge on any atom is 0.154 e. The number of halogens is 1. The minimum Gasteiger partial charge on any atom is -0.310 e. The quantitative estimate of drug-likeness (QED) is 0.895. The fraction of sp³-hybridized carbons (Fsp3) is 0.308. The summed E-state index contributed by atoms with van der Waals surface area (Å²) >= 11 is 9.65. The first-order valence-corrected chi connectivity index (χ1v) is 7.98. The third-order valence-electron chi connectivity index (χ3n) is 2.83. The largest absolute Gasteiger partial charge is 0.310 e. The smallest absolute Gasteiger partial charge is 0.154 e. The summed E-state index contributed by atoms with van der Waals surface area (Å²) in [4.78, 5) is 5.51. The molecule has 0 radical (unpaired) electrons. The number of thiazole rings is 1. The summed E-state index contributed by atoms with van der Waals surface area (Å²) in [5, 5.41) is 6.35. The van der Waals surface area contributed by atoms with Gasteiger partial charge in [-0.05, 0) is 30.5 Å². The minimum absolute atomic E-state index is 0.694. The van der Waals surface area contributed by atoms with Gasteiger partial charge in [-0.15, -0.1) is 11.3 Å². The normalized spacial score (nSPS) is 14.9. The molecule has 0 spiro atoms. The molecule has 0 amide bonds. The fourth-order valence-corrected chi connectivity index (χ4v) is 3.73. The molecule has 0 bridgehead atoms. The summed E-state index contributed by atoms with van der Waals surface area (Å²) in [5.74, 6) is 0. The van der Waals surface area contributed by atoms with Gasteiger partial charge in [-0.2, -0.15) is 0 Å². The number of benzene rings is 1. The summed E-state index contributed by atoms with van der Waals surface area (Å²) in [6.45, 7) is 0.845. The standard InChI is InChI=1S/C13H13ClN2S2/c14-11-2-1-3-12(18-13-15-6-7-17-13)10(11)8-16-9-4-5-9/h1-3,6-7,9,16H,4-5,8H2. The Morgan fingerprint density at radius 1 is 1.44 bits per heavy atom. The highest BCUT2D eigenvalue weighted by molar-refractivity contribution is 8.01. The van der Waals surface area contributed by atoms with Crippen LogP contribution in [0, 0.1) is 0 Å². The van der Waals surface area contributed by atoms with Gasteiger partial charge in [-0.1, -0.05) is 29.4 Å². The Morgan fingerprint density at radius 3 is 3.06 bits per heavy atom. The first kappa shape index (κ1) is 12.5. The highest BCUT2D eigenvalue weighted by Gasteiger charge is 2.21. The minimum atomic E-state index is 0.694. The van der Waals surface area contributed by atoms with Crippen LogP contribution in [-0.4, -0.2) is 11.0 Å². The van der Waals surface area contributed by atoms with Crippen molar-refractivity contribution < 1.29 is 0 Å². The van der Waals surface area contributed by atoms with Crippen LogP contribution in [0.25, 0.3) is 0 Å². The Morgan fingerprint density at radius 2 is 2.33 bits per heavy atom. The van der Waals surface area contributed by atoms with Crippen molar-refractivity contribution in [3.05, 3.63) is 40.4 Å². The molecule has 1 aromatic carbocycles. The number of rotatable bonds is 5. The van der Waals surface area contributed by atoms with Gasteiger partial charge in [0.05, 0.1) is 0 Å². The van der Waals surface area contributed by atoms with Gasteiger partial charge in [0.1, 0.15) is 0 Å². The Balaban J connectivity index is 1.80. The number of aromatic nitrogens is 1. The van der Waals surface area contributed by atoms with Crippen molar-refractivity contribution in [2.45, 2.75) is 34.7 Å². The monoisotopic (exact) mass is 296 g/mol. The Bertz CT molecular complexity index is 524. The molecular weight excluding hydrogens is 284 g/mol. The topological polar surface area (TPSA) is 24.9 Å². The molecule has 2 nitrogen and oxygen atoms in total. The summed E-state index contributed by atoms with van der Waals surface area (Å²) < 4.78 is 1.06. The van der Waals surface area contributed by atoms with Crippen molar-refractivity contribution in [2.24, 2.45) is 0 Å². The van der Waals surface area contributed by atoms with Crippen LogP contribution in [0.2, 0.25) is 5.02 Å².